The zero-order chi connectivity index (χ0) is 14.8. The zero-order valence-electron chi connectivity index (χ0n) is 11.1. The summed E-state index contributed by atoms with van der Waals surface area (Å²) in [6, 6.07) is 14.8. The number of furan rings is 1. The highest BCUT2D eigenvalue weighted by molar-refractivity contribution is 9.10. The average Bonchev–Trinajstić information content (AvgIpc) is 2.88. The third kappa shape index (κ3) is 3.08. The Morgan fingerprint density at radius 3 is 2.86 bits per heavy atom. The third-order valence-corrected chi connectivity index (χ3v) is 3.60. The van der Waals surface area contributed by atoms with Gasteiger partial charge in [-0.3, -0.25) is 4.79 Å². The number of carbonyl (C=O) groups excluding carboxylic acids is 1. The standard InChI is InChI=1S/C16H13BrN2O2/c17-12-3-1-2-10(6-12)9-19-16(20)15-8-11-7-13(18)4-5-14(11)21-15/h1-8H,9,18H2,(H,19,20). The molecule has 3 aromatic rings. The molecule has 0 aliphatic carbocycles. The number of benzene rings is 2. The van der Waals surface area contributed by atoms with Gasteiger partial charge in [-0.1, -0.05) is 28.1 Å². The van der Waals surface area contributed by atoms with E-state index in [9.17, 15) is 4.79 Å². The number of carbonyl (C=O) groups is 1. The van der Waals surface area contributed by atoms with Crippen molar-refractivity contribution in [3.8, 4) is 0 Å². The van der Waals surface area contributed by atoms with Gasteiger partial charge in [0.15, 0.2) is 5.76 Å². The Morgan fingerprint density at radius 1 is 1.19 bits per heavy atom. The molecule has 21 heavy (non-hydrogen) atoms. The van der Waals surface area contributed by atoms with Crippen LogP contribution in [0.1, 0.15) is 16.1 Å². The van der Waals surface area contributed by atoms with Crippen molar-refractivity contribution in [3.63, 3.8) is 0 Å². The van der Waals surface area contributed by atoms with Crippen molar-refractivity contribution in [2.75, 3.05) is 5.73 Å². The lowest BCUT2D eigenvalue weighted by atomic mass is 10.2. The molecule has 5 heteroatoms. The summed E-state index contributed by atoms with van der Waals surface area (Å²) in [5.41, 5.74) is 8.02. The number of nitrogens with one attached hydrogen (secondary N) is 1. The van der Waals surface area contributed by atoms with Gasteiger partial charge in [0.1, 0.15) is 5.58 Å². The predicted molar refractivity (Wildman–Crippen MR) is 85.9 cm³/mol. The van der Waals surface area contributed by atoms with Crippen LogP contribution in [0, 0.1) is 0 Å². The van der Waals surface area contributed by atoms with Gasteiger partial charge in [0.25, 0.3) is 5.91 Å². The van der Waals surface area contributed by atoms with Crippen LogP contribution in [0.4, 0.5) is 5.69 Å². The van der Waals surface area contributed by atoms with Gasteiger partial charge in [-0.25, -0.2) is 0 Å². The van der Waals surface area contributed by atoms with Crippen LogP contribution < -0.4 is 11.1 Å². The van der Waals surface area contributed by atoms with E-state index in [2.05, 4.69) is 21.2 Å². The first-order valence-corrected chi connectivity index (χ1v) is 7.23. The molecule has 0 saturated carbocycles. The minimum absolute atomic E-state index is 0.246. The van der Waals surface area contributed by atoms with Crippen molar-refractivity contribution in [1.29, 1.82) is 0 Å². The fourth-order valence-electron chi connectivity index (χ4n) is 2.09. The van der Waals surface area contributed by atoms with Crippen LogP contribution in [0.5, 0.6) is 0 Å². The normalized spacial score (nSPS) is 10.7. The van der Waals surface area contributed by atoms with Crippen LogP contribution in [0.3, 0.4) is 0 Å². The fraction of sp³-hybridized carbons (Fsp3) is 0.0625. The van der Waals surface area contributed by atoms with Crippen LogP contribution in [0.15, 0.2) is 57.4 Å². The molecular formula is C16H13BrN2O2. The number of hydrogen-bond donors (Lipinski definition) is 2. The molecule has 3 N–H and O–H groups in total. The van der Waals surface area contributed by atoms with Crippen molar-refractivity contribution >= 4 is 38.5 Å². The van der Waals surface area contributed by atoms with Gasteiger partial charge in [-0.15, -0.1) is 0 Å². The summed E-state index contributed by atoms with van der Waals surface area (Å²) in [5.74, 6) is 0.0374. The van der Waals surface area contributed by atoms with Gasteiger partial charge in [0, 0.05) is 22.1 Å². The summed E-state index contributed by atoms with van der Waals surface area (Å²) >= 11 is 3.40. The number of amides is 1. The molecule has 1 heterocycles. The average molecular weight is 345 g/mol. The number of hydrogen-bond acceptors (Lipinski definition) is 3. The van der Waals surface area contributed by atoms with E-state index in [-0.39, 0.29) is 11.7 Å². The molecule has 0 atom stereocenters. The Kier molecular flexibility index (Phi) is 3.66. The van der Waals surface area contributed by atoms with Crippen molar-refractivity contribution in [1.82, 2.24) is 5.32 Å². The molecule has 1 amide bonds. The number of fused-ring (bicyclic) bond motifs is 1. The Balaban J connectivity index is 1.74. The second kappa shape index (κ2) is 5.61. The monoisotopic (exact) mass is 344 g/mol. The molecule has 2 aromatic carbocycles. The first-order chi connectivity index (χ1) is 10.1. The van der Waals surface area contributed by atoms with Gasteiger partial charge >= 0.3 is 0 Å². The van der Waals surface area contributed by atoms with Crippen molar-refractivity contribution in [3.05, 3.63) is 64.3 Å². The molecule has 0 fully saturated rings. The smallest absolute Gasteiger partial charge is 0.287 e. The van der Waals surface area contributed by atoms with Gasteiger partial charge in [0.05, 0.1) is 0 Å². The van der Waals surface area contributed by atoms with Gasteiger partial charge in [-0.05, 0) is 42.0 Å². The third-order valence-electron chi connectivity index (χ3n) is 3.11. The molecule has 0 spiro atoms. The van der Waals surface area contributed by atoms with Crippen LogP contribution in [-0.4, -0.2) is 5.91 Å². The van der Waals surface area contributed by atoms with Crippen molar-refractivity contribution < 1.29 is 9.21 Å². The zero-order valence-corrected chi connectivity index (χ0v) is 12.7. The second-order valence-electron chi connectivity index (χ2n) is 4.72. The molecule has 4 nitrogen and oxygen atoms in total. The van der Waals surface area contributed by atoms with Gasteiger partial charge in [0.2, 0.25) is 0 Å². The summed E-state index contributed by atoms with van der Waals surface area (Å²) < 4.78 is 6.50. The van der Waals surface area contributed by atoms with E-state index < -0.39 is 0 Å². The molecular weight excluding hydrogens is 332 g/mol. The molecule has 0 aliphatic heterocycles. The quantitative estimate of drug-likeness (QED) is 0.711. The molecule has 0 radical (unpaired) electrons. The molecule has 0 saturated heterocycles. The Morgan fingerprint density at radius 2 is 2.05 bits per heavy atom. The van der Waals surface area contributed by atoms with Crippen LogP contribution in [0.2, 0.25) is 0 Å². The lowest BCUT2D eigenvalue weighted by Crippen LogP contribution is -2.22. The van der Waals surface area contributed by atoms with Crippen LogP contribution in [0.25, 0.3) is 11.0 Å². The number of halogens is 1. The predicted octanol–water partition coefficient (Wildman–Crippen LogP) is 3.71. The lowest BCUT2D eigenvalue weighted by molar-refractivity contribution is 0.0925. The molecule has 0 bridgehead atoms. The first-order valence-electron chi connectivity index (χ1n) is 6.43. The number of nitrogens with two attached hydrogens (primary N) is 1. The minimum Gasteiger partial charge on any atom is -0.451 e. The summed E-state index contributed by atoms with van der Waals surface area (Å²) in [7, 11) is 0. The van der Waals surface area contributed by atoms with E-state index in [4.69, 9.17) is 10.2 Å². The van der Waals surface area contributed by atoms with Crippen molar-refractivity contribution in [2.24, 2.45) is 0 Å². The van der Waals surface area contributed by atoms with E-state index in [1.54, 1.807) is 24.3 Å². The molecule has 0 aliphatic rings. The van der Waals surface area contributed by atoms with E-state index in [1.165, 1.54) is 0 Å². The summed E-state index contributed by atoms with van der Waals surface area (Å²) in [6.07, 6.45) is 0. The van der Waals surface area contributed by atoms with Gasteiger partial charge in [-0.2, -0.15) is 0 Å². The summed E-state index contributed by atoms with van der Waals surface area (Å²) in [4.78, 5) is 12.1. The Bertz CT molecular complexity index is 811. The Hall–Kier alpha value is -2.27. The van der Waals surface area contributed by atoms with Crippen molar-refractivity contribution in [2.45, 2.75) is 6.54 Å². The highest BCUT2D eigenvalue weighted by Gasteiger charge is 2.12. The lowest BCUT2D eigenvalue weighted by Gasteiger charge is -2.03. The Labute approximate surface area is 130 Å². The van der Waals surface area contributed by atoms with E-state index in [0.29, 0.717) is 17.8 Å². The largest absolute Gasteiger partial charge is 0.451 e. The SMILES string of the molecule is Nc1ccc2oc(C(=O)NCc3cccc(Br)c3)cc2c1. The fourth-order valence-corrected chi connectivity index (χ4v) is 2.54. The summed E-state index contributed by atoms with van der Waals surface area (Å²) in [5, 5.41) is 3.66. The molecule has 3 rings (SSSR count). The number of rotatable bonds is 3. The van der Waals surface area contributed by atoms with Gasteiger partial charge < -0.3 is 15.5 Å². The van der Waals surface area contributed by atoms with Crippen LogP contribution in [-0.2, 0) is 6.54 Å². The highest BCUT2D eigenvalue weighted by atomic mass is 79.9. The number of nitrogen functional groups attached to an aromatic ring is 1. The maximum absolute atomic E-state index is 12.1. The maximum atomic E-state index is 12.1. The highest BCUT2D eigenvalue weighted by Crippen LogP contribution is 2.21. The van der Waals surface area contributed by atoms with E-state index in [0.717, 1.165) is 15.4 Å². The summed E-state index contributed by atoms with van der Waals surface area (Å²) in [6.45, 7) is 0.442. The molecule has 106 valence electrons. The number of anilines is 1. The van der Waals surface area contributed by atoms with E-state index >= 15 is 0 Å². The second-order valence-corrected chi connectivity index (χ2v) is 5.64. The minimum atomic E-state index is -0.246. The van der Waals surface area contributed by atoms with Crippen LogP contribution >= 0.6 is 15.9 Å². The first kappa shape index (κ1) is 13.7. The maximum Gasteiger partial charge on any atom is 0.287 e. The van der Waals surface area contributed by atoms with E-state index in [1.807, 2.05) is 24.3 Å². The molecule has 1 aromatic heterocycles. The topological polar surface area (TPSA) is 68.3 Å². The molecule has 0 unspecified atom stereocenters.